The lowest BCUT2D eigenvalue weighted by molar-refractivity contribution is 0.685. The van der Waals surface area contributed by atoms with E-state index in [0.717, 1.165) is 28.5 Å². The number of aliphatic imine (C=N–C) groups is 4. The molecule has 0 saturated heterocycles. The Bertz CT molecular complexity index is 1080. The van der Waals surface area contributed by atoms with Gasteiger partial charge in [0.05, 0.1) is 39.9 Å². The van der Waals surface area contributed by atoms with Gasteiger partial charge in [-0.05, 0) is 60.8 Å². The SMILES string of the molecule is FC1=CC2=CC3=NC(=CC4=NC(=CC5=NC(=CC1=N2)C=C5)C=C4)C=C3. The minimum Gasteiger partial charge on any atom is -0.249 e. The normalized spacial score (nSPS) is 22.7. The zero-order chi connectivity index (χ0) is 16.8. The fourth-order valence-corrected chi connectivity index (χ4v) is 2.86. The standard InChI is InChI=1S/C20H11FN4/c21-19-10-18-9-16-4-3-14(23-16)7-12-1-2-13(22-12)8-15-5-6-17(24-15)11-20(19)25-18/h1-11H. The van der Waals surface area contributed by atoms with Crippen molar-refractivity contribution >= 4 is 22.8 Å². The summed E-state index contributed by atoms with van der Waals surface area (Å²) in [7, 11) is 0. The molecular weight excluding hydrogens is 315 g/mol. The van der Waals surface area contributed by atoms with Crippen LogP contribution >= 0.6 is 0 Å². The summed E-state index contributed by atoms with van der Waals surface area (Å²) in [5.41, 5.74) is 5.43. The van der Waals surface area contributed by atoms with Crippen LogP contribution in [0.3, 0.4) is 0 Å². The molecule has 0 N–H and O–H groups in total. The van der Waals surface area contributed by atoms with Gasteiger partial charge in [0, 0.05) is 6.08 Å². The monoisotopic (exact) mass is 326 g/mol. The molecule has 0 aromatic carbocycles. The third-order valence-electron chi connectivity index (χ3n) is 3.99. The third kappa shape index (κ3) is 2.65. The molecule has 0 aromatic rings. The fraction of sp³-hybridized carbons (Fsp3) is 0. The van der Waals surface area contributed by atoms with E-state index in [2.05, 4.69) is 20.0 Å². The maximum atomic E-state index is 14.1. The van der Waals surface area contributed by atoms with Crippen molar-refractivity contribution in [1.82, 2.24) is 0 Å². The van der Waals surface area contributed by atoms with Crippen LogP contribution in [0.1, 0.15) is 0 Å². The molecule has 0 atom stereocenters. The number of hydrogen-bond acceptors (Lipinski definition) is 4. The number of allylic oxidation sites excluding steroid dienone is 12. The Morgan fingerprint density at radius 3 is 1.52 bits per heavy atom. The van der Waals surface area contributed by atoms with Crippen LogP contribution in [-0.4, -0.2) is 22.8 Å². The number of halogens is 1. The van der Waals surface area contributed by atoms with Gasteiger partial charge in [-0.3, -0.25) is 0 Å². The van der Waals surface area contributed by atoms with Crippen molar-refractivity contribution in [2.24, 2.45) is 20.0 Å². The Morgan fingerprint density at radius 2 is 0.960 bits per heavy atom. The van der Waals surface area contributed by atoms with Gasteiger partial charge in [-0.1, -0.05) is 0 Å². The molecule has 118 valence electrons. The Balaban J connectivity index is 1.66. The van der Waals surface area contributed by atoms with Crippen LogP contribution < -0.4 is 0 Å². The summed E-state index contributed by atoms with van der Waals surface area (Å²) in [6.07, 6.45) is 20.0. The molecule has 0 unspecified atom stereocenters. The molecule has 0 fully saturated rings. The van der Waals surface area contributed by atoms with E-state index in [0.29, 0.717) is 11.4 Å². The van der Waals surface area contributed by atoms with Gasteiger partial charge in [0.15, 0.2) is 5.83 Å². The average Bonchev–Trinajstić information content (AvgIpc) is 3.33. The molecule has 5 aliphatic heterocycles. The van der Waals surface area contributed by atoms with Gasteiger partial charge in [-0.15, -0.1) is 0 Å². The molecule has 0 aromatic heterocycles. The highest BCUT2D eigenvalue weighted by molar-refractivity contribution is 6.15. The quantitative estimate of drug-likeness (QED) is 0.649. The largest absolute Gasteiger partial charge is 0.249 e. The van der Waals surface area contributed by atoms with E-state index >= 15 is 0 Å². The lowest BCUT2D eigenvalue weighted by atomic mass is 10.2. The van der Waals surface area contributed by atoms with E-state index in [4.69, 9.17) is 0 Å². The average molecular weight is 326 g/mol. The maximum absolute atomic E-state index is 14.1. The first kappa shape index (κ1) is 13.9. The van der Waals surface area contributed by atoms with Crippen molar-refractivity contribution < 1.29 is 4.39 Å². The van der Waals surface area contributed by atoms with Crippen LogP contribution in [0.5, 0.6) is 0 Å². The van der Waals surface area contributed by atoms with E-state index in [1.165, 1.54) is 6.08 Å². The molecule has 0 radical (unpaired) electrons. The van der Waals surface area contributed by atoms with E-state index in [-0.39, 0.29) is 11.5 Å². The van der Waals surface area contributed by atoms with Gasteiger partial charge >= 0.3 is 0 Å². The van der Waals surface area contributed by atoms with Gasteiger partial charge in [-0.25, -0.2) is 24.4 Å². The van der Waals surface area contributed by atoms with Gasteiger partial charge in [0.2, 0.25) is 0 Å². The fourth-order valence-electron chi connectivity index (χ4n) is 2.86. The van der Waals surface area contributed by atoms with Gasteiger partial charge in [0.25, 0.3) is 0 Å². The van der Waals surface area contributed by atoms with Crippen molar-refractivity contribution in [1.29, 1.82) is 0 Å². The summed E-state index contributed by atoms with van der Waals surface area (Å²) >= 11 is 0. The second-order valence-corrected chi connectivity index (χ2v) is 5.88. The number of rotatable bonds is 0. The van der Waals surface area contributed by atoms with Crippen LogP contribution in [0, 0.1) is 0 Å². The van der Waals surface area contributed by atoms with Crippen LogP contribution in [0.15, 0.2) is 115 Å². The molecule has 5 heteroatoms. The summed E-state index contributed by atoms with van der Waals surface area (Å²) in [5, 5.41) is 0. The number of hydrogen-bond donors (Lipinski definition) is 0. The molecule has 0 saturated carbocycles. The second-order valence-electron chi connectivity index (χ2n) is 5.88. The summed E-state index contributed by atoms with van der Waals surface area (Å²) in [4.78, 5) is 17.8. The van der Waals surface area contributed by atoms with E-state index < -0.39 is 0 Å². The minimum atomic E-state index is -0.371. The molecule has 8 bridgehead atoms. The number of fused-ring (bicyclic) bond motifs is 4. The van der Waals surface area contributed by atoms with Crippen LogP contribution in [0.4, 0.5) is 4.39 Å². The zero-order valence-corrected chi connectivity index (χ0v) is 13.0. The van der Waals surface area contributed by atoms with Crippen LogP contribution in [0.2, 0.25) is 0 Å². The highest BCUT2D eigenvalue weighted by atomic mass is 19.1. The van der Waals surface area contributed by atoms with E-state index in [9.17, 15) is 4.39 Å². The lowest BCUT2D eigenvalue weighted by Crippen LogP contribution is -1.91. The predicted molar refractivity (Wildman–Crippen MR) is 98.7 cm³/mol. The molecular formula is C20H11FN4. The second kappa shape index (κ2) is 5.27. The minimum absolute atomic E-state index is 0.273. The first-order valence-corrected chi connectivity index (χ1v) is 7.85. The summed E-state index contributed by atoms with van der Waals surface area (Å²) in [5.74, 6) is -0.371. The van der Waals surface area contributed by atoms with Crippen molar-refractivity contribution in [2.75, 3.05) is 0 Å². The Labute approximate surface area is 143 Å². The molecule has 25 heavy (non-hydrogen) atoms. The smallest absolute Gasteiger partial charge is 0.151 e. The van der Waals surface area contributed by atoms with Gasteiger partial charge in [-0.2, -0.15) is 0 Å². The highest BCUT2D eigenvalue weighted by Crippen LogP contribution is 2.23. The topological polar surface area (TPSA) is 49.4 Å². The Morgan fingerprint density at radius 1 is 0.480 bits per heavy atom. The Hall–Kier alpha value is -3.47. The van der Waals surface area contributed by atoms with Crippen molar-refractivity contribution in [3.05, 3.63) is 95.5 Å². The molecule has 0 spiro atoms. The third-order valence-corrected chi connectivity index (χ3v) is 3.99. The molecule has 0 aliphatic carbocycles. The van der Waals surface area contributed by atoms with Crippen LogP contribution in [0.25, 0.3) is 0 Å². The summed E-state index contributed by atoms with van der Waals surface area (Å²) in [6.45, 7) is 0. The van der Waals surface area contributed by atoms with E-state index in [1.54, 1.807) is 12.2 Å². The molecule has 5 rings (SSSR count). The lowest BCUT2D eigenvalue weighted by Gasteiger charge is -1.94. The van der Waals surface area contributed by atoms with Crippen LogP contribution in [-0.2, 0) is 0 Å². The highest BCUT2D eigenvalue weighted by Gasteiger charge is 2.16. The molecule has 5 aliphatic rings. The van der Waals surface area contributed by atoms with Gasteiger partial charge in [0.1, 0.15) is 5.71 Å². The van der Waals surface area contributed by atoms with Crippen molar-refractivity contribution in [3.63, 3.8) is 0 Å². The van der Waals surface area contributed by atoms with Gasteiger partial charge < -0.3 is 0 Å². The van der Waals surface area contributed by atoms with E-state index in [1.807, 2.05) is 48.6 Å². The molecule has 0 amide bonds. The first-order valence-electron chi connectivity index (χ1n) is 7.85. The summed E-state index contributed by atoms with van der Waals surface area (Å²) in [6, 6.07) is 0. The summed E-state index contributed by atoms with van der Waals surface area (Å²) < 4.78 is 14.1. The molecule has 5 heterocycles. The van der Waals surface area contributed by atoms with Crippen molar-refractivity contribution in [3.8, 4) is 0 Å². The first-order chi connectivity index (χ1) is 12.2. The zero-order valence-electron chi connectivity index (χ0n) is 13.0. The maximum Gasteiger partial charge on any atom is 0.151 e. The number of nitrogens with zero attached hydrogens (tertiary/aromatic N) is 4. The predicted octanol–water partition coefficient (Wildman–Crippen LogP) is 3.88. The van der Waals surface area contributed by atoms with Crippen molar-refractivity contribution in [2.45, 2.75) is 0 Å². The Kier molecular flexibility index (Phi) is 2.94. The molecule has 4 nitrogen and oxygen atoms in total.